The van der Waals surface area contributed by atoms with Crippen molar-refractivity contribution in [1.82, 2.24) is 5.32 Å². The predicted molar refractivity (Wildman–Crippen MR) is 45.5 cm³/mol. The molecule has 4 nitrogen and oxygen atoms in total. The molecule has 0 heterocycles. The summed E-state index contributed by atoms with van der Waals surface area (Å²) in [5.74, 6) is -0.856. The van der Waals surface area contributed by atoms with Gasteiger partial charge in [-0.1, -0.05) is 0 Å². The van der Waals surface area contributed by atoms with E-state index >= 15 is 0 Å². The second kappa shape index (κ2) is 5.99. The van der Waals surface area contributed by atoms with Crippen molar-refractivity contribution in [1.29, 1.82) is 0 Å². The summed E-state index contributed by atoms with van der Waals surface area (Å²) in [6.07, 6.45) is 1.03. The van der Waals surface area contributed by atoms with Crippen LogP contribution in [0.4, 0.5) is 0 Å². The summed E-state index contributed by atoms with van der Waals surface area (Å²) in [6.45, 7) is 2.20. The Hall–Kier alpha value is 0.420. The monoisotopic (exact) mass is 189 g/mol. The quantitative estimate of drug-likeness (QED) is 0.551. The number of rotatable bonds is 3. The van der Waals surface area contributed by atoms with Gasteiger partial charge in [0, 0.05) is 12.8 Å². The predicted octanol–water partition coefficient (Wildman–Crippen LogP) is -1.48. The maximum absolute atomic E-state index is 10.6. The van der Waals surface area contributed by atoms with Crippen molar-refractivity contribution in [2.24, 2.45) is 0 Å². The molecule has 0 atom stereocenters. The minimum absolute atomic E-state index is 0. The number of carbonyl (C=O) groups excluding carboxylic acids is 1. The Balaban J connectivity index is 0. The Morgan fingerprint density at radius 3 is 2.18 bits per heavy atom. The molecule has 6 heteroatoms. The van der Waals surface area contributed by atoms with Gasteiger partial charge in [0.1, 0.15) is 5.75 Å². The normalized spacial score (nSPS) is 10.0. The second-order valence-corrected chi connectivity index (χ2v) is 4.16. The van der Waals surface area contributed by atoms with Gasteiger partial charge in [-0.25, -0.2) is 8.42 Å². The van der Waals surface area contributed by atoms with Crippen LogP contribution < -0.4 is 5.32 Å². The van der Waals surface area contributed by atoms with E-state index < -0.39 is 21.5 Å². The molecule has 0 aliphatic rings. The first-order chi connectivity index (χ1) is 4.45. The van der Waals surface area contributed by atoms with Crippen molar-refractivity contribution in [3.8, 4) is 0 Å². The van der Waals surface area contributed by atoms with Crippen LogP contribution in [-0.4, -0.2) is 62.4 Å². The second-order valence-electron chi connectivity index (χ2n) is 2.02. The molecule has 1 N–H and O–H groups in total. The first kappa shape index (κ1) is 14.0. The van der Waals surface area contributed by atoms with Gasteiger partial charge in [-0.15, -0.1) is 0 Å². The molecule has 0 rings (SSSR count). The van der Waals surface area contributed by atoms with Crippen LogP contribution in [0.5, 0.6) is 0 Å². The summed E-state index contributed by atoms with van der Waals surface area (Å²) in [5, 5.41) is 2.38. The molecular formula is C5H12NNaO3S. The summed E-state index contributed by atoms with van der Waals surface area (Å²) in [7, 11) is -3.16. The van der Waals surface area contributed by atoms with Gasteiger partial charge >= 0.3 is 29.6 Å². The van der Waals surface area contributed by atoms with Crippen molar-refractivity contribution in [2.45, 2.75) is 6.92 Å². The molecule has 0 saturated carbocycles. The number of carbonyl (C=O) groups is 1. The summed E-state index contributed by atoms with van der Waals surface area (Å²) >= 11 is 0. The Morgan fingerprint density at radius 1 is 1.45 bits per heavy atom. The van der Waals surface area contributed by atoms with E-state index in [0.717, 1.165) is 6.26 Å². The van der Waals surface area contributed by atoms with E-state index in [1.54, 1.807) is 6.92 Å². The third-order valence-electron chi connectivity index (χ3n) is 0.767. The van der Waals surface area contributed by atoms with E-state index in [4.69, 9.17) is 0 Å². The van der Waals surface area contributed by atoms with Gasteiger partial charge in [-0.3, -0.25) is 4.79 Å². The van der Waals surface area contributed by atoms with Crippen LogP contribution in [-0.2, 0) is 14.6 Å². The topological polar surface area (TPSA) is 63.2 Å². The minimum atomic E-state index is -3.16. The molecule has 0 saturated heterocycles. The van der Waals surface area contributed by atoms with E-state index in [-0.39, 0.29) is 29.6 Å². The van der Waals surface area contributed by atoms with E-state index in [1.165, 1.54) is 0 Å². The Kier molecular flexibility index (Phi) is 7.61. The molecule has 0 aromatic rings. The van der Waals surface area contributed by atoms with Gasteiger partial charge in [-0.2, -0.15) is 0 Å². The zero-order valence-corrected chi connectivity index (χ0v) is 6.86. The molecule has 62 valence electrons. The zero-order chi connectivity index (χ0) is 8.20. The van der Waals surface area contributed by atoms with Crippen LogP contribution in [0.1, 0.15) is 6.92 Å². The van der Waals surface area contributed by atoms with Crippen LogP contribution in [0, 0.1) is 0 Å². The zero-order valence-electron chi connectivity index (χ0n) is 6.05. The number of amides is 1. The Bertz CT molecular complexity index is 212. The van der Waals surface area contributed by atoms with Gasteiger partial charge in [-0.05, 0) is 6.92 Å². The third kappa shape index (κ3) is 10.4. The van der Waals surface area contributed by atoms with Crippen molar-refractivity contribution in [2.75, 3.05) is 18.6 Å². The van der Waals surface area contributed by atoms with Gasteiger partial charge < -0.3 is 5.32 Å². The molecule has 0 aliphatic heterocycles. The Labute approximate surface area is 88.9 Å². The van der Waals surface area contributed by atoms with Crippen molar-refractivity contribution < 1.29 is 13.2 Å². The maximum atomic E-state index is 10.6. The van der Waals surface area contributed by atoms with E-state index in [1.807, 2.05) is 0 Å². The van der Waals surface area contributed by atoms with Crippen LogP contribution in [0.2, 0.25) is 0 Å². The van der Waals surface area contributed by atoms with Gasteiger partial charge in [0.15, 0.2) is 9.84 Å². The Morgan fingerprint density at radius 2 is 1.91 bits per heavy atom. The molecule has 0 bridgehead atoms. The molecule has 1 amide bonds. The fraction of sp³-hybridized carbons (Fsp3) is 0.800. The van der Waals surface area contributed by atoms with Crippen molar-refractivity contribution in [3.05, 3.63) is 0 Å². The molecule has 0 aromatic carbocycles. The van der Waals surface area contributed by atoms with E-state index in [0.29, 0.717) is 6.54 Å². The van der Waals surface area contributed by atoms with Crippen LogP contribution in [0.15, 0.2) is 0 Å². The fourth-order valence-electron chi connectivity index (χ4n) is 0.486. The van der Waals surface area contributed by atoms with Gasteiger partial charge in [0.05, 0.1) is 0 Å². The first-order valence-corrected chi connectivity index (χ1v) is 4.96. The summed E-state index contributed by atoms with van der Waals surface area (Å²) in [6, 6.07) is 0. The molecular weight excluding hydrogens is 177 g/mol. The summed E-state index contributed by atoms with van der Waals surface area (Å²) < 4.78 is 20.9. The van der Waals surface area contributed by atoms with Crippen LogP contribution >= 0.6 is 0 Å². The molecule has 0 aliphatic carbocycles. The average molecular weight is 189 g/mol. The van der Waals surface area contributed by atoms with E-state index in [2.05, 4.69) is 5.32 Å². The van der Waals surface area contributed by atoms with Crippen LogP contribution in [0.25, 0.3) is 0 Å². The molecule has 0 unspecified atom stereocenters. The van der Waals surface area contributed by atoms with Gasteiger partial charge in [0.25, 0.3) is 0 Å². The molecule has 0 radical (unpaired) electrons. The molecule has 0 spiro atoms. The standard InChI is InChI=1S/C5H11NO3S.Na.H/c1-3-6-5(7)4-10(2,8)9;;/h3-4H2,1-2H3,(H,6,7);;. The average Bonchev–Trinajstić information content (AvgIpc) is 1.59. The van der Waals surface area contributed by atoms with Gasteiger partial charge in [0.2, 0.25) is 5.91 Å². The first-order valence-electron chi connectivity index (χ1n) is 2.90. The SMILES string of the molecule is CCNC(=O)CS(C)(=O)=O.[NaH]. The molecule has 0 fully saturated rings. The summed E-state index contributed by atoms with van der Waals surface area (Å²) in [5.41, 5.74) is 0. The van der Waals surface area contributed by atoms with Crippen molar-refractivity contribution in [3.63, 3.8) is 0 Å². The third-order valence-corrected chi connectivity index (χ3v) is 1.55. The molecule has 11 heavy (non-hydrogen) atoms. The summed E-state index contributed by atoms with van der Waals surface area (Å²) in [4.78, 5) is 10.6. The molecule has 0 aromatic heterocycles. The number of hydrogen-bond acceptors (Lipinski definition) is 3. The van der Waals surface area contributed by atoms with Crippen molar-refractivity contribution >= 4 is 45.3 Å². The fourth-order valence-corrected chi connectivity index (χ4v) is 1.06. The van der Waals surface area contributed by atoms with Crippen LogP contribution in [0.3, 0.4) is 0 Å². The van der Waals surface area contributed by atoms with E-state index in [9.17, 15) is 13.2 Å². The number of hydrogen-bond donors (Lipinski definition) is 1. The number of nitrogens with one attached hydrogen (secondary N) is 1. The number of sulfone groups is 1.